The summed E-state index contributed by atoms with van der Waals surface area (Å²) < 4.78 is 0. The van der Waals surface area contributed by atoms with E-state index in [0.29, 0.717) is 37.5 Å². The van der Waals surface area contributed by atoms with E-state index >= 15 is 0 Å². The zero-order valence-corrected chi connectivity index (χ0v) is 12.1. The van der Waals surface area contributed by atoms with Gasteiger partial charge >= 0.3 is 0 Å². The SMILES string of the molecule is CC(C)CNC(=O)CCNC(=O)c1ccc(CN)cc1. The fourth-order valence-electron chi connectivity index (χ4n) is 1.59. The third-order valence-electron chi connectivity index (χ3n) is 2.80. The summed E-state index contributed by atoms with van der Waals surface area (Å²) in [5.41, 5.74) is 7.05. The van der Waals surface area contributed by atoms with Crippen LogP contribution in [0.4, 0.5) is 0 Å². The predicted octanol–water partition coefficient (Wildman–Crippen LogP) is 1.04. The number of nitrogens with one attached hydrogen (secondary N) is 2. The topological polar surface area (TPSA) is 84.2 Å². The Morgan fingerprint density at radius 2 is 1.80 bits per heavy atom. The molecule has 1 aromatic rings. The van der Waals surface area contributed by atoms with Gasteiger partial charge in [0.1, 0.15) is 0 Å². The van der Waals surface area contributed by atoms with Crippen LogP contribution in [0.15, 0.2) is 24.3 Å². The number of hydrogen-bond donors (Lipinski definition) is 3. The van der Waals surface area contributed by atoms with E-state index in [9.17, 15) is 9.59 Å². The molecule has 0 unspecified atom stereocenters. The van der Waals surface area contributed by atoms with Crippen LogP contribution in [0.3, 0.4) is 0 Å². The van der Waals surface area contributed by atoms with Crippen molar-refractivity contribution >= 4 is 11.8 Å². The van der Waals surface area contributed by atoms with Gasteiger partial charge in [0.2, 0.25) is 5.91 Å². The molecule has 0 aromatic heterocycles. The second kappa shape index (κ2) is 8.32. The van der Waals surface area contributed by atoms with Crippen molar-refractivity contribution in [2.75, 3.05) is 13.1 Å². The van der Waals surface area contributed by atoms with Crippen LogP contribution < -0.4 is 16.4 Å². The second-order valence-electron chi connectivity index (χ2n) is 5.10. The quantitative estimate of drug-likeness (QED) is 0.696. The van der Waals surface area contributed by atoms with E-state index in [-0.39, 0.29) is 11.8 Å². The summed E-state index contributed by atoms with van der Waals surface area (Å²) in [4.78, 5) is 23.3. The van der Waals surface area contributed by atoms with Crippen molar-refractivity contribution in [1.29, 1.82) is 0 Å². The first-order valence-electron chi connectivity index (χ1n) is 6.87. The van der Waals surface area contributed by atoms with E-state index in [1.165, 1.54) is 0 Å². The normalized spacial score (nSPS) is 10.4. The van der Waals surface area contributed by atoms with E-state index in [4.69, 9.17) is 5.73 Å². The van der Waals surface area contributed by atoms with Gasteiger partial charge in [0, 0.05) is 31.6 Å². The zero-order chi connectivity index (χ0) is 15.0. The van der Waals surface area contributed by atoms with Gasteiger partial charge in [-0.1, -0.05) is 26.0 Å². The maximum Gasteiger partial charge on any atom is 0.251 e. The molecule has 1 aromatic carbocycles. The van der Waals surface area contributed by atoms with Crippen LogP contribution in [0.2, 0.25) is 0 Å². The number of carbonyl (C=O) groups excluding carboxylic acids is 2. The lowest BCUT2D eigenvalue weighted by molar-refractivity contribution is -0.121. The van der Waals surface area contributed by atoms with E-state index in [1.807, 2.05) is 26.0 Å². The highest BCUT2D eigenvalue weighted by Gasteiger charge is 2.06. The largest absolute Gasteiger partial charge is 0.356 e. The van der Waals surface area contributed by atoms with Gasteiger partial charge in [0.05, 0.1) is 0 Å². The lowest BCUT2D eigenvalue weighted by Gasteiger charge is -2.08. The van der Waals surface area contributed by atoms with E-state index in [1.54, 1.807) is 12.1 Å². The molecule has 0 saturated heterocycles. The molecule has 0 saturated carbocycles. The van der Waals surface area contributed by atoms with Crippen molar-refractivity contribution in [2.24, 2.45) is 11.7 Å². The summed E-state index contributed by atoms with van der Waals surface area (Å²) in [5.74, 6) is 0.206. The predicted molar refractivity (Wildman–Crippen MR) is 79.1 cm³/mol. The van der Waals surface area contributed by atoms with Crippen LogP contribution in [0, 0.1) is 5.92 Å². The molecule has 0 aliphatic rings. The van der Waals surface area contributed by atoms with Gasteiger partial charge < -0.3 is 16.4 Å². The average Bonchev–Trinajstić information content (AvgIpc) is 2.45. The van der Waals surface area contributed by atoms with Gasteiger partial charge in [-0.2, -0.15) is 0 Å². The molecule has 0 spiro atoms. The molecule has 0 aliphatic carbocycles. The smallest absolute Gasteiger partial charge is 0.251 e. The fourth-order valence-corrected chi connectivity index (χ4v) is 1.59. The monoisotopic (exact) mass is 277 g/mol. The first-order chi connectivity index (χ1) is 9.52. The molecule has 5 heteroatoms. The third kappa shape index (κ3) is 5.84. The highest BCUT2D eigenvalue weighted by atomic mass is 16.2. The van der Waals surface area contributed by atoms with Crippen molar-refractivity contribution in [1.82, 2.24) is 10.6 Å². The molecule has 5 nitrogen and oxygen atoms in total. The number of nitrogens with two attached hydrogens (primary N) is 1. The molecule has 20 heavy (non-hydrogen) atoms. The highest BCUT2D eigenvalue weighted by molar-refractivity contribution is 5.94. The molecule has 110 valence electrons. The summed E-state index contributed by atoms with van der Waals surface area (Å²) in [6.07, 6.45) is 0.291. The Labute approximate surface area is 119 Å². The zero-order valence-electron chi connectivity index (χ0n) is 12.1. The standard InChI is InChI=1S/C15H23N3O2/c1-11(2)10-18-14(19)7-8-17-15(20)13-5-3-12(9-16)4-6-13/h3-6,11H,7-10,16H2,1-2H3,(H,17,20)(H,18,19). The van der Waals surface area contributed by atoms with Gasteiger partial charge in [0.25, 0.3) is 5.91 Å². The molecule has 0 atom stereocenters. The van der Waals surface area contributed by atoms with E-state index in [2.05, 4.69) is 10.6 Å². The molecule has 0 heterocycles. The Bertz CT molecular complexity index is 441. The van der Waals surface area contributed by atoms with Crippen LogP contribution in [0.5, 0.6) is 0 Å². The Kier molecular flexibility index (Phi) is 6.73. The molecular weight excluding hydrogens is 254 g/mol. The molecule has 2 amide bonds. The van der Waals surface area contributed by atoms with Crippen molar-refractivity contribution in [3.8, 4) is 0 Å². The fraction of sp³-hybridized carbons (Fsp3) is 0.467. The summed E-state index contributed by atoms with van der Waals surface area (Å²) in [6, 6.07) is 7.11. The van der Waals surface area contributed by atoms with E-state index in [0.717, 1.165) is 5.56 Å². The number of rotatable bonds is 7. The summed E-state index contributed by atoms with van der Waals surface area (Å²) in [5, 5.41) is 5.53. The molecule has 0 bridgehead atoms. The van der Waals surface area contributed by atoms with Gasteiger partial charge in [-0.05, 0) is 23.6 Å². The van der Waals surface area contributed by atoms with Crippen molar-refractivity contribution < 1.29 is 9.59 Å². The number of carbonyl (C=O) groups is 2. The van der Waals surface area contributed by atoms with Crippen LogP contribution in [-0.4, -0.2) is 24.9 Å². The third-order valence-corrected chi connectivity index (χ3v) is 2.80. The first-order valence-corrected chi connectivity index (χ1v) is 6.87. The number of benzene rings is 1. The molecular formula is C15H23N3O2. The van der Waals surface area contributed by atoms with Crippen LogP contribution in [-0.2, 0) is 11.3 Å². The molecule has 0 radical (unpaired) electrons. The first kappa shape index (κ1) is 16.2. The van der Waals surface area contributed by atoms with Crippen LogP contribution in [0.1, 0.15) is 36.2 Å². The Morgan fingerprint density at radius 1 is 1.15 bits per heavy atom. The second-order valence-corrected chi connectivity index (χ2v) is 5.10. The van der Waals surface area contributed by atoms with Crippen molar-refractivity contribution in [3.05, 3.63) is 35.4 Å². The van der Waals surface area contributed by atoms with Crippen LogP contribution >= 0.6 is 0 Å². The lowest BCUT2D eigenvalue weighted by Crippen LogP contribution is -2.32. The van der Waals surface area contributed by atoms with Gasteiger partial charge in [0.15, 0.2) is 0 Å². The molecule has 4 N–H and O–H groups in total. The summed E-state index contributed by atoms with van der Waals surface area (Å²) in [7, 11) is 0. The molecule has 0 aliphatic heterocycles. The van der Waals surface area contributed by atoms with Crippen LogP contribution in [0.25, 0.3) is 0 Å². The van der Waals surface area contributed by atoms with Crippen molar-refractivity contribution in [3.63, 3.8) is 0 Å². The minimum Gasteiger partial charge on any atom is -0.356 e. The minimum absolute atomic E-state index is 0.0440. The van der Waals surface area contributed by atoms with Gasteiger partial charge in [-0.25, -0.2) is 0 Å². The van der Waals surface area contributed by atoms with Gasteiger partial charge in [-0.3, -0.25) is 9.59 Å². The lowest BCUT2D eigenvalue weighted by atomic mass is 10.1. The van der Waals surface area contributed by atoms with Gasteiger partial charge in [-0.15, -0.1) is 0 Å². The molecule has 0 fully saturated rings. The summed E-state index contributed by atoms with van der Waals surface area (Å²) in [6.45, 7) is 5.52. The Morgan fingerprint density at radius 3 is 2.35 bits per heavy atom. The Hall–Kier alpha value is -1.88. The maximum atomic E-state index is 11.8. The maximum absolute atomic E-state index is 11.8. The van der Waals surface area contributed by atoms with Crippen molar-refractivity contribution in [2.45, 2.75) is 26.8 Å². The van der Waals surface area contributed by atoms with E-state index < -0.39 is 0 Å². The highest BCUT2D eigenvalue weighted by Crippen LogP contribution is 2.03. The number of amides is 2. The molecule has 1 rings (SSSR count). The Balaban J connectivity index is 2.30. The number of hydrogen-bond acceptors (Lipinski definition) is 3. The summed E-state index contributed by atoms with van der Waals surface area (Å²) >= 11 is 0. The minimum atomic E-state index is -0.176. The average molecular weight is 277 g/mol.